The molecule has 31 heavy (non-hydrogen) atoms. The number of aromatic nitrogens is 2. The number of hydrogen-bond donors (Lipinski definition) is 3. The Morgan fingerprint density at radius 1 is 1.10 bits per heavy atom. The van der Waals surface area contributed by atoms with Crippen molar-refractivity contribution in [2.45, 2.75) is 6.61 Å². The average molecular weight is 434 g/mol. The van der Waals surface area contributed by atoms with Crippen LogP contribution in [0.1, 0.15) is 16.1 Å². The van der Waals surface area contributed by atoms with Crippen LogP contribution in [-0.2, 0) is 11.4 Å². The molecular formula is C22H18N4O4S. The SMILES string of the molecule is O=C(CNC(=O)c1c[nH]c2ccccc2c1=O)Nc1ccccc1OCc1cscn1. The molecule has 0 bridgehead atoms. The van der Waals surface area contributed by atoms with E-state index in [1.165, 1.54) is 17.5 Å². The van der Waals surface area contributed by atoms with E-state index < -0.39 is 17.2 Å². The molecule has 0 aliphatic heterocycles. The second-order valence-electron chi connectivity index (χ2n) is 6.57. The lowest BCUT2D eigenvalue weighted by Crippen LogP contribution is -2.35. The Hall–Kier alpha value is -3.98. The van der Waals surface area contributed by atoms with Crippen molar-refractivity contribution in [2.75, 3.05) is 11.9 Å². The highest BCUT2D eigenvalue weighted by Gasteiger charge is 2.15. The van der Waals surface area contributed by atoms with E-state index in [1.807, 2.05) is 5.38 Å². The van der Waals surface area contributed by atoms with Crippen LogP contribution in [0.15, 0.2) is 70.4 Å². The first-order chi connectivity index (χ1) is 15.1. The van der Waals surface area contributed by atoms with Crippen molar-refractivity contribution in [1.29, 1.82) is 0 Å². The Labute approximate surface area is 180 Å². The molecule has 156 valence electrons. The molecule has 0 radical (unpaired) electrons. The third-order valence-corrected chi connectivity index (χ3v) is 5.10. The predicted octanol–water partition coefficient (Wildman–Crippen LogP) is 2.93. The molecule has 2 amide bonds. The number of nitrogens with one attached hydrogen (secondary N) is 3. The molecule has 0 aliphatic rings. The molecule has 2 heterocycles. The zero-order valence-corrected chi connectivity index (χ0v) is 17.1. The van der Waals surface area contributed by atoms with E-state index in [4.69, 9.17) is 4.74 Å². The highest BCUT2D eigenvalue weighted by Crippen LogP contribution is 2.24. The lowest BCUT2D eigenvalue weighted by atomic mass is 10.1. The van der Waals surface area contributed by atoms with Crippen molar-refractivity contribution < 1.29 is 14.3 Å². The Balaban J connectivity index is 1.38. The molecule has 2 aromatic carbocycles. The van der Waals surface area contributed by atoms with Gasteiger partial charge in [-0.25, -0.2) is 4.98 Å². The molecule has 9 heteroatoms. The van der Waals surface area contributed by atoms with Crippen molar-refractivity contribution in [3.63, 3.8) is 0 Å². The number of hydrogen-bond acceptors (Lipinski definition) is 6. The van der Waals surface area contributed by atoms with Gasteiger partial charge in [-0.3, -0.25) is 14.4 Å². The highest BCUT2D eigenvalue weighted by molar-refractivity contribution is 7.07. The van der Waals surface area contributed by atoms with Crippen LogP contribution in [0.3, 0.4) is 0 Å². The molecule has 0 saturated carbocycles. The number of para-hydroxylation sites is 3. The van der Waals surface area contributed by atoms with Crippen molar-refractivity contribution in [2.24, 2.45) is 0 Å². The maximum absolute atomic E-state index is 12.5. The molecule has 2 aromatic heterocycles. The summed E-state index contributed by atoms with van der Waals surface area (Å²) in [6, 6.07) is 13.9. The van der Waals surface area contributed by atoms with Crippen molar-refractivity contribution in [1.82, 2.24) is 15.3 Å². The molecule has 3 N–H and O–H groups in total. The molecule has 8 nitrogen and oxygen atoms in total. The van der Waals surface area contributed by atoms with E-state index in [2.05, 4.69) is 20.6 Å². The van der Waals surface area contributed by atoms with Gasteiger partial charge in [-0.2, -0.15) is 0 Å². The third kappa shape index (κ3) is 4.78. The van der Waals surface area contributed by atoms with Gasteiger partial charge >= 0.3 is 0 Å². The minimum absolute atomic E-state index is 0.0569. The summed E-state index contributed by atoms with van der Waals surface area (Å²) in [4.78, 5) is 44.4. The second kappa shape index (κ2) is 9.23. The number of pyridine rings is 1. The maximum atomic E-state index is 12.5. The molecule has 0 aliphatic carbocycles. The predicted molar refractivity (Wildman–Crippen MR) is 118 cm³/mol. The topological polar surface area (TPSA) is 113 Å². The number of anilines is 1. The number of carbonyl (C=O) groups is 2. The van der Waals surface area contributed by atoms with Gasteiger partial charge in [-0.15, -0.1) is 11.3 Å². The summed E-state index contributed by atoms with van der Waals surface area (Å²) in [6.45, 7) is -0.0244. The maximum Gasteiger partial charge on any atom is 0.257 e. The van der Waals surface area contributed by atoms with Gasteiger partial charge in [0.2, 0.25) is 11.3 Å². The Morgan fingerprint density at radius 3 is 2.74 bits per heavy atom. The standard InChI is InChI=1S/C22H18N4O4S/c27-20(26-18-7-3-4-8-19(18)30-11-14-12-31-13-25-14)10-24-22(29)16-9-23-17-6-2-1-5-15(17)21(16)28/h1-9,12-13H,10-11H2,(H,23,28)(H,24,29)(H,26,27). The molecule has 0 fully saturated rings. The molecular weight excluding hydrogens is 416 g/mol. The van der Waals surface area contributed by atoms with Gasteiger partial charge in [0.15, 0.2) is 0 Å². The minimum atomic E-state index is -0.629. The van der Waals surface area contributed by atoms with Gasteiger partial charge < -0.3 is 20.4 Å². The summed E-state index contributed by atoms with van der Waals surface area (Å²) >= 11 is 1.47. The number of benzene rings is 2. The van der Waals surface area contributed by atoms with Gasteiger partial charge in [0.05, 0.1) is 23.4 Å². The zero-order chi connectivity index (χ0) is 21.6. The van der Waals surface area contributed by atoms with E-state index in [9.17, 15) is 14.4 Å². The number of thiazole rings is 1. The second-order valence-corrected chi connectivity index (χ2v) is 7.29. The number of H-pyrrole nitrogens is 1. The van der Waals surface area contributed by atoms with Gasteiger partial charge in [0.1, 0.15) is 17.9 Å². The van der Waals surface area contributed by atoms with Crippen LogP contribution in [0, 0.1) is 0 Å². The largest absolute Gasteiger partial charge is 0.485 e. The quantitative estimate of drug-likeness (QED) is 0.414. The van der Waals surface area contributed by atoms with E-state index in [0.29, 0.717) is 22.3 Å². The van der Waals surface area contributed by atoms with Crippen LogP contribution in [0.4, 0.5) is 5.69 Å². The van der Waals surface area contributed by atoms with Gasteiger partial charge in [-0.05, 0) is 24.3 Å². The van der Waals surface area contributed by atoms with Crippen LogP contribution in [0.5, 0.6) is 5.75 Å². The molecule has 0 atom stereocenters. The zero-order valence-electron chi connectivity index (χ0n) is 16.3. The van der Waals surface area contributed by atoms with Gasteiger partial charge in [-0.1, -0.05) is 24.3 Å². The summed E-state index contributed by atoms with van der Waals surface area (Å²) in [5.41, 5.74) is 3.16. The van der Waals surface area contributed by atoms with Gasteiger partial charge in [0.25, 0.3) is 5.91 Å². The summed E-state index contributed by atoms with van der Waals surface area (Å²) in [7, 11) is 0. The number of carbonyl (C=O) groups excluding carboxylic acids is 2. The first-order valence-corrected chi connectivity index (χ1v) is 10.3. The van der Waals surface area contributed by atoms with Gasteiger partial charge in [0, 0.05) is 22.5 Å². The normalized spacial score (nSPS) is 10.6. The van der Waals surface area contributed by atoms with E-state index in [1.54, 1.807) is 54.0 Å². The number of fused-ring (bicyclic) bond motifs is 1. The average Bonchev–Trinajstić information content (AvgIpc) is 3.31. The Kier molecular flexibility index (Phi) is 6.04. The van der Waals surface area contributed by atoms with E-state index in [-0.39, 0.29) is 18.7 Å². The minimum Gasteiger partial charge on any atom is -0.485 e. The Bertz CT molecular complexity index is 1280. The van der Waals surface area contributed by atoms with Crippen LogP contribution in [0.2, 0.25) is 0 Å². The number of amides is 2. The van der Waals surface area contributed by atoms with Crippen LogP contribution in [-0.4, -0.2) is 28.3 Å². The first kappa shape index (κ1) is 20.3. The summed E-state index contributed by atoms with van der Waals surface area (Å²) in [5, 5.41) is 7.48. The van der Waals surface area contributed by atoms with Crippen LogP contribution in [0.25, 0.3) is 10.9 Å². The van der Waals surface area contributed by atoms with Crippen LogP contribution >= 0.6 is 11.3 Å². The lowest BCUT2D eigenvalue weighted by molar-refractivity contribution is -0.115. The summed E-state index contributed by atoms with van der Waals surface area (Å²) in [5.74, 6) is -0.591. The van der Waals surface area contributed by atoms with Crippen molar-refractivity contribution in [3.8, 4) is 5.75 Å². The summed E-state index contributed by atoms with van der Waals surface area (Å²) in [6.07, 6.45) is 1.35. The fourth-order valence-electron chi connectivity index (χ4n) is 2.94. The molecule has 0 saturated heterocycles. The molecule has 4 aromatic rings. The third-order valence-electron chi connectivity index (χ3n) is 4.46. The smallest absolute Gasteiger partial charge is 0.257 e. The Morgan fingerprint density at radius 2 is 1.90 bits per heavy atom. The number of aromatic amines is 1. The summed E-state index contributed by atoms with van der Waals surface area (Å²) < 4.78 is 5.73. The monoisotopic (exact) mass is 434 g/mol. The number of ether oxygens (including phenoxy) is 1. The number of nitrogens with zero attached hydrogens (tertiary/aromatic N) is 1. The van der Waals surface area contributed by atoms with Crippen LogP contribution < -0.4 is 20.8 Å². The van der Waals surface area contributed by atoms with Crippen molar-refractivity contribution >= 4 is 39.7 Å². The number of rotatable bonds is 7. The first-order valence-electron chi connectivity index (χ1n) is 9.39. The lowest BCUT2D eigenvalue weighted by Gasteiger charge is -2.12. The molecule has 0 unspecified atom stereocenters. The molecule has 0 spiro atoms. The molecule has 4 rings (SSSR count). The van der Waals surface area contributed by atoms with Crippen molar-refractivity contribution in [3.05, 3.63) is 87.1 Å². The highest BCUT2D eigenvalue weighted by atomic mass is 32.1. The fourth-order valence-corrected chi connectivity index (χ4v) is 3.49. The fraction of sp³-hybridized carbons (Fsp3) is 0.0909. The van der Waals surface area contributed by atoms with E-state index >= 15 is 0 Å². The van der Waals surface area contributed by atoms with E-state index in [0.717, 1.165) is 5.69 Å².